The molecule has 0 unspecified atom stereocenters. The number of aromatic nitrogens is 2. The van der Waals surface area contributed by atoms with Gasteiger partial charge in [0.2, 0.25) is 5.91 Å². The van der Waals surface area contributed by atoms with Gasteiger partial charge < -0.3 is 5.32 Å². The van der Waals surface area contributed by atoms with E-state index in [1.807, 2.05) is 13.0 Å². The number of halogens is 2. The highest BCUT2D eigenvalue weighted by molar-refractivity contribution is 8.00. The average molecular weight is 400 g/mol. The van der Waals surface area contributed by atoms with Crippen molar-refractivity contribution in [1.29, 1.82) is 0 Å². The van der Waals surface area contributed by atoms with Crippen LogP contribution in [0.25, 0.3) is 0 Å². The second-order valence-electron chi connectivity index (χ2n) is 6.12. The molecule has 2 atom stereocenters. The van der Waals surface area contributed by atoms with Gasteiger partial charge in [0.25, 0.3) is 5.56 Å². The van der Waals surface area contributed by atoms with E-state index in [1.54, 1.807) is 16.8 Å². The summed E-state index contributed by atoms with van der Waals surface area (Å²) >= 11 is 13.7. The molecule has 1 aromatic carbocycles. The third-order valence-electron chi connectivity index (χ3n) is 4.26. The lowest BCUT2D eigenvalue weighted by molar-refractivity contribution is -0.113. The quantitative estimate of drug-likeness (QED) is 0.787. The molecule has 3 rings (SSSR count). The molecule has 2 heterocycles. The van der Waals surface area contributed by atoms with E-state index >= 15 is 0 Å². The predicted octanol–water partition coefficient (Wildman–Crippen LogP) is 4.62. The Labute approximate surface area is 160 Å². The van der Waals surface area contributed by atoms with Crippen LogP contribution in [0.5, 0.6) is 0 Å². The number of fused-ring (bicyclic) bond motifs is 1. The number of carbonyl (C=O) groups excluding carboxylic acids is 1. The maximum Gasteiger partial charge on any atom is 0.270 e. The minimum absolute atomic E-state index is 0.0752. The molecular formula is C17H19Cl2N3O2S. The van der Waals surface area contributed by atoms with Crippen LogP contribution in [0.15, 0.2) is 23.0 Å². The molecule has 0 spiro atoms. The molecular weight excluding hydrogens is 381 g/mol. The molecule has 0 saturated heterocycles. The standard InChI is InChI=1S/C17H19Cl2N3O2S/c1-3-4-9(2)22-16-14(17(24)21-22)15(25-8-13(23)20-16)11-6-5-10(18)7-12(11)19/h5-7,9,15H,3-4,8H2,1-2H3,(H,20,23)(H,21,24)/t9-,15+/m1/s1. The maximum absolute atomic E-state index is 12.7. The largest absolute Gasteiger partial charge is 0.310 e. The number of rotatable bonds is 4. The van der Waals surface area contributed by atoms with Crippen molar-refractivity contribution in [1.82, 2.24) is 9.78 Å². The Morgan fingerprint density at radius 3 is 2.80 bits per heavy atom. The van der Waals surface area contributed by atoms with Crippen molar-refractivity contribution in [2.24, 2.45) is 0 Å². The first-order chi connectivity index (χ1) is 11.9. The Morgan fingerprint density at radius 1 is 1.36 bits per heavy atom. The Morgan fingerprint density at radius 2 is 2.12 bits per heavy atom. The normalized spacial score (nSPS) is 18.4. The smallest absolute Gasteiger partial charge is 0.270 e. The van der Waals surface area contributed by atoms with Crippen LogP contribution in [0, 0.1) is 0 Å². The van der Waals surface area contributed by atoms with Crippen molar-refractivity contribution < 1.29 is 4.79 Å². The Hall–Kier alpha value is -1.37. The lowest BCUT2D eigenvalue weighted by atomic mass is 10.1. The van der Waals surface area contributed by atoms with Gasteiger partial charge in [-0.2, -0.15) is 0 Å². The van der Waals surface area contributed by atoms with Crippen molar-refractivity contribution in [3.8, 4) is 0 Å². The first kappa shape index (κ1) is 18.4. The molecule has 134 valence electrons. The van der Waals surface area contributed by atoms with E-state index in [2.05, 4.69) is 17.3 Å². The molecule has 0 aliphatic carbocycles. The van der Waals surface area contributed by atoms with Crippen molar-refractivity contribution in [2.45, 2.75) is 38.0 Å². The number of H-pyrrole nitrogens is 1. The summed E-state index contributed by atoms with van der Waals surface area (Å²) < 4.78 is 1.77. The molecule has 2 N–H and O–H groups in total. The van der Waals surface area contributed by atoms with Gasteiger partial charge in [0.05, 0.1) is 16.6 Å². The molecule has 1 aromatic heterocycles. The summed E-state index contributed by atoms with van der Waals surface area (Å²) in [6.45, 7) is 4.11. The summed E-state index contributed by atoms with van der Waals surface area (Å²) in [5.41, 5.74) is 1.10. The lowest BCUT2D eigenvalue weighted by Gasteiger charge is -2.17. The Kier molecular flexibility index (Phi) is 5.51. The number of benzene rings is 1. The fourth-order valence-corrected chi connectivity index (χ4v) is 4.82. The molecule has 0 fully saturated rings. The van der Waals surface area contributed by atoms with Crippen LogP contribution in [-0.2, 0) is 4.79 Å². The minimum Gasteiger partial charge on any atom is -0.310 e. The third-order valence-corrected chi connectivity index (χ3v) is 6.07. The maximum atomic E-state index is 12.7. The number of amides is 1. The van der Waals surface area contributed by atoms with Gasteiger partial charge in [-0.05, 0) is 31.0 Å². The number of carbonyl (C=O) groups is 1. The van der Waals surface area contributed by atoms with Gasteiger partial charge in [-0.3, -0.25) is 19.4 Å². The van der Waals surface area contributed by atoms with Gasteiger partial charge in [-0.25, -0.2) is 0 Å². The Bertz CT molecular complexity index is 862. The van der Waals surface area contributed by atoms with Crippen molar-refractivity contribution >= 4 is 46.7 Å². The van der Waals surface area contributed by atoms with Gasteiger partial charge in [-0.1, -0.05) is 42.6 Å². The van der Waals surface area contributed by atoms with E-state index in [1.165, 1.54) is 11.8 Å². The summed E-state index contributed by atoms with van der Waals surface area (Å²) in [7, 11) is 0. The van der Waals surface area contributed by atoms with Gasteiger partial charge >= 0.3 is 0 Å². The topological polar surface area (TPSA) is 66.9 Å². The molecule has 25 heavy (non-hydrogen) atoms. The zero-order valence-electron chi connectivity index (χ0n) is 13.9. The van der Waals surface area contributed by atoms with Gasteiger partial charge in [0, 0.05) is 16.1 Å². The van der Waals surface area contributed by atoms with Crippen LogP contribution in [0.3, 0.4) is 0 Å². The van der Waals surface area contributed by atoms with E-state index in [0.717, 1.165) is 18.4 Å². The number of thioether (sulfide) groups is 1. The molecule has 1 amide bonds. The third kappa shape index (κ3) is 3.61. The highest BCUT2D eigenvalue weighted by Gasteiger charge is 2.32. The summed E-state index contributed by atoms with van der Waals surface area (Å²) in [6, 6.07) is 5.29. The fraction of sp³-hybridized carbons (Fsp3) is 0.412. The minimum atomic E-state index is -0.336. The molecule has 8 heteroatoms. The van der Waals surface area contributed by atoms with Crippen LogP contribution in [-0.4, -0.2) is 21.4 Å². The van der Waals surface area contributed by atoms with Gasteiger partial charge in [0.15, 0.2) is 0 Å². The summed E-state index contributed by atoms with van der Waals surface area (Å²) in [5.74, 6) is 0.659. The van der Waals surface area contributed by atoms with E-state index < -0.39 is 0 Å². The number of hydrogen-bond acceptors (Lipinski definition) is 3. The van der Waals surface area contributed by atoms with E-state index in [0.29, 0.717) is 21.4 Å². The first-order valence-corrected chi connectivity index (χ1v) is 9.93. The molecule has 1 aliphatic rings. The van der Waals surface area contributed by atoms with E-state index in [4.69, 9.17) is 23.2 Å². The highest BCUT2D eigenvalue weighted by Crippen LogP contribution is 2.43. The highest BCUT2D eigenvalue weighted by atomic mass is 35.5. The van der Waals surface area contributed by atoms with Crippen molar-refractivity contribution in [2.75, 3.05) is 11.1 Å². The van der Waals surface area contributed by atoms with Crippen molar-refractivity contribution in [3.05, 3.63) is 49.7 Å². The van der Waals surface area contributed by atoms with Crippen LogP contribution in [0.1, 0.15) is 49.1 Å². The molecule has 2 aromatic rings. The molecule has 0 radical (unpaired) electrons. The number of hydrogen-bond donors (Lipinski definition) is 2. The zero-order valence-corrected chi connectivity index (χ0v) is 16.3. The van der Waals surface area contributed by atoms with Crippen LogP contribution >= 0.6 is 35.0 Å². The van der Waals surface area contributed by atoms with E-state index in [9.17, 15) is 9.59 Å². The fourth-order valence-electron chi connectivity index (χ4n) is 3.08. The summed E-state index contributed by atoms with van der Waals surface area (Å²) in [5, 5.41) is 6.45. The summed E-state index contributed by atoms with van der Waals surface area (Å²) in [4.78, 5) is 24.9. The first-order valence-electron chi connectivity index (χ1n) is 8.13. The predicted molar refractivity (Wildman–Crippen MR) is 104 cm³/mol. The molecule has 0 saturated carbocycles. The second kappa shape index (κ2) is 7.48. The SMILES string of the molecule is CCC[C@@H](C)n1[nH]c(=O)c2c1NC(=O)CS[C@H]2c1ccc(Cl)cc1Cl. The van der Waals surface area contributed by atoms with Crippen LogP contribution in [0.2, 0.25) is 10.0 Å². The van der Waals surface area contributed by atoms with Crippen LogP contribution < -0.4 is 10.9 Å². The number of aromatic amines is 1. The second-order valence-corrected chi connectivity index (χ2v) is 8.05. The van der Waals surface area contributed by atoms with Crippen LogP contribution in [0.4, 0.5) is 5.82 Å². The monoisotopic (exact) mass is 399 g/mol. The average Bonchev–Trinajstić information content (AvgIpc) is 2.75. The molecule has 5 nitrogen and oxygen atoms in total. The van der Waals surface area contributed by atoms with E-state index in [-0.39, 0.29) is 28.5 Å². The Balaban J connectivity index is 2.16. The lowest BCUT2D eigenvalue weighted by Crippen LogP contribution is -2.18. The number of anilines is 1. The number of nitrogens with zero attached hydrogens (tertiary/aromatic N) is 1. The van der Waals surface area contributed by atoms with Gasteiger partial charge in [0.1, 0.15) is 5.82 Å². The summed E-state index contributed by atoms with van der Waals surface area (Å²) in [6.07, 6.45) is 1.87. The van der Waals surface area contributed by atoms with Gasteiger partial charge in [-0.15, -0.1) is 11.8 Å². The van der Waals surface area contributed by atoms with Crippen molar-refractivity contribution in [3.63, 3.8) is 0 Å². The molecule has 0 bridgehead atoms. The zero-order chi connectivity index (χ0) is 18.1. The number of nitrogens with one attached hydrogen (secondary N) is 2. The molecule has 1 aliphatic heterocycles.